The lowest BCUT2D eigenvalue weighted by Gasteiger charge is -2.24. The van der Waals surface area contributed by atoms with Crippen LogP contribution in [0.2, 0.25) is 0 Å². The number of allylic oxidation sites excluding steroid dienone is 1. The molecule has 0 aromatic heterocycles. The van der Waals surface area contributed by atoms with Gasteiger partial charge in [-0.05, 0) is 20.8 Å². The number of rotatable bonds is 5. The SMILES string of the molecule is CC(=O)OCC/C(C)=C/C(=O)N[C@@]1(C)OC(C)=C(C)C1=O. The molecule has 21 heavy (non-hydrogen) atoms. The van der Waals surface area contributed by atoms with E-state index >= 15 is 0 Å². The van der Waals surface area contributed by atoms with Gasteiger partial charge in [-0.15, -0.1) is 0 Å². The van der Waals surface area contributed by atoms with Gasteiger partial charge >= 0.3 is 5.97 Å². The van der Waals surface area contributed by atoms with E-state index in [1.54, 1.807) is 20.8 Å². The predicted octanol–water partition coefficient (Wildman–Crippen LogP) is 1.61. The van der Waals surface area contributed by atoms with Gasteiger partial charge in [0.2, 0.25) is 17.4 Å². The second-order valence-corrected chi connectivity index (χ2v) is 5.22. The van der Waals surface area contributed by atoms with Gasteiger partial charge in [0, 0.05) is 31.9 Å². The van der Waals surface area contributed by atoms with E-state index in [4.69, 9.17) is 9.47 Å². The van der Waals surface area contributed by atoms with Crippen LogP contribution >= 0.6 is 0 Å². The van der Waals surface area contributed by atoms with Crippen LogP contribution in [0.5, 0.6) is 0 Å². The van der Waals surface area contributed by atoms with Crippen LogP contribution in [0.25, 0.3) is 0 Å². The van der Waals surface area contributed by atoms with E-state index in [9.17, 15) is 14.4 Å². The lowest BCUT2D eigenvalue weighted by atomic mass is 10.1. The van der Waals surface area contributed by atoms with E-state index in [0.29, 0.717) is 17.8 Å². The van der Waals surface area contributed by atoms with Crippen molar-refractivity contribution in [3.8, 4) is 0 Å². The van der Waals surface area contributed by atoms with E-state index in [1.807, 2.05) is 0 Å². The topological polar surface area (TPSA) is 81.7 Å². The fourth-order valence-corrected chi connectivity index (χ4v) is 1.95. The van der Waals surface area contributed by atoms with Crippen LogP contribution in [0.4, 0.5) is 0 Å². The first-order valence-corrected chi connectivity index (χ1v) is 6.69. The maximum Gasteiger partial charge on any atom is 0.302 e. The molecule has 0 bridgehead atoms. The Kier molecular flexibility index (Phi) is 5.29. The Morgan fingerprint density at radius 3 is 2.43 bits per heavy atom. The number of Topliss-reactive ketones (excluding diaryl/α,β-unsaturated/α-hetero) is 1. The van der Waals surface area contributed by atoms with E-state index < -0.39 is 11.6 Å². The van der Waals surface area contributed by atoms with Crippen molar-refractivity contribution in [1.29, 1.82) is 0 Å². The standard InChI is InChI=1S/C15H21NO5/c1-9(6-7-20-12(4)17)8-13(18)16-15(5)14(19)10(2)11(3)21-15/h8H,6-7H2,1-5H3,(H,16,18)/b9-8+/t15-/m0/s1. The number of carbonyl (C=O) groups is 3. The van der Waals surface area contributed by atoms with Crippen molar-refractivity contribution in [1.82, 2.24) is 5.32 Å². The van der Waals surface area contributed by atoms with Crippen molar-refractivity contribution < 1.29 is 23.9 Å². The Morgan fingerprint density at radius 1 is 1.33 bits per heavy atom. The molecule has 0 radical (unpaired) electrons. The second kappa shape index (κ2) is 6.56. The van der Waals surface area contributed by atoms with Crippen LogP contribution in [-0.4, -0.2) is 30.0 Å². The third-order valence-electron chi connectivity index (χ3n) is 3.20. The predicted molar refractivity (Wildman–Crippen MR) is 76.0 cm³/mol. The number of ketones is 1. The molecule has 1 aliphatic heterocycles. The van der Waals surface area contributed by atoms with Crippen molar-refractivity contribution in [2.75, 3.05) is 6.61 Å². The number of amides is 1. The molecule has 0 fully saturated rings. The largest absolute Gasteiger partial charge is 0.466 e. The summed E-state index contributed by atoms with van der Waals surface area (Å²) in [5, 5.41) is 2.56. The Bertz CT molecular complexity index is 532. The summed E-state index contributed by atoms with van der Waals surface area (Å²) in [5.74, 6) is -0.520. The zero-order valence-electron chi connectivity index (χ0n) is 13.0. The highest BCUT2D eigenvalue weighted by Crippen LogP contribution is 2.27. The Hall–Kier alpha value is -2.11. The molecular weight excluding hydrogens is 274 g/mol. The number of ether oxygens (including phenoxy) is 2. The monoisotopic (exact) mass is 295 g/mol. The Balaban J connectivity index is 2.58. The average Bonchev–Trinajstić information content (AvgIpc) is 2.52. The van der Waals surface area contributed by atoms with E-state index in [1.165, 1.54) is 19.9 Å². The maximum absolute atomic E-state index is 12.0. The fourth-order valence-electron chi connectivity index (χ4n) is 1.95. The van der Waals surface area contributed by atoms with Gasteiger partial charge in [-0.3, -0.25) is 14.4 Å². The summed E-state index contributed by atoms with van der Waals surface area (Å²) in [6.07, 6.45) is 1.82. The van der Waals surface area contributed by atoms with Crippen molar-refractivity contribution in [2.45, 2.75) is 46.8 Å². The summed E-state index contributed by atoms with van der Waals surface area (Å²) in [5.41, 5.74) is -0.102. The molecular formula is C15H21NO5. The van der Waals surface area contributed by atoms with Crippen molar-refractivity contribution >= 4 is 17.7 Å². The zero-order chi connectivity index (χ0) is 16.2. The van der Waals surface area contributed by atoms with Gasteiger partial charge in [0.15, 0.2) is 0 Å². The van der Waals surface area contributed by atoms with E-state index in [0.717, 1.165) is 5.57 Å². The van der Waals surface area contributed by atoms with Crippen LogP contribution < -0.4 is 5.32 Å². The molecule has 0 saturated heterocycles. The molecule has 116 valence electrons. The molecule has 0 spiro atoms. The van der Waals surface area contributed by atoms with Gasteiger partial charge in [-0.1, -0.05) is 5.57 Å². The summed E-state index contributed by atoms with van der Waals surface area (Å²) in [6, 6.07) is 0. The second-order valence-electron chi connectivity index (χ2n) is 5.22. The molecule has 0 unspecified atom stereocenters. The third kappa shape index (κ3) is 4.44. The third-order valence-corrected chi connectivity index (χ3v) is 3.20. The van der Waals surface area contributed by atoms with Crippen LogP contribution in [0.1, 0.15) is 41.0 Å². The minimum atomic E-state index is -1.35. The van der Waals surface area contributed by atoms with Gasteiger partial charge in [0.25, 0.3) is 0 Å². The Labute approximate surface area is 124 Å². The molecule has 1 aliphatic rings. The first-order valence-electron chi connectivity index (χ1n) is 6.69. The molecule has 0 saturated carbocycles. The lowest BCUT2D eigenvalue weighted by molar-refractivity contribution is -0.140. The Morgan fingerprint density at radius 2 is 1.95 bits per heavy atom. The van der Waals surface area contributed by atoms with E-state index in [2.05, 4.69) is 5.32 Å². The summed E-state index contributed by atoms with van der Waals surface area (Å²) in [6.45, 7) is 8.16. The highest BCUT2D eigenvalue weighted by Gasteiger charge is 2.43. The van der Waals surface area contributed by atoms with Gasteiger partial charge in [-0.2, -0.15) is 0 Å². The van der Waals surface area contributed by atoms with Gasteiger partial charge in [0.1, 0.15) is 5.76 Å². The molecule has 0 aromatic carbocycles. The average molecular weight is 295 g/mol. The lowest BCUT2D eigenvalue weighted by Crippen LogP contribution is -2.51. The molecule has 0 aliphatic carbocycles. The summed E-state index contributed by atoms with van der Waals surface area (Å²) in [4.78, 5) is 34.6. The first-order chi connectivity index (χ1) is 9.65. The number of hydrogen-bond donors (Lipinski definition) is 1. The quantitative estimate of drug-likeness (QED) is 0.615. The minimum Gasteiger partial charge on any atom is -0.466 e. The van der Waals surface area contributed by atoms with Crippen molar-refractivity contribution in [3.63, 3.8) is 0 Å². The van der Waals surface area contributed by atoms with Crippen LogP contribution in [-0.2, 0) is 23.9 Å². The van der Waals surface area contributed by atoms with Crippen molar-refractivity contribution in [3.05, 3.63) is 23.0 Å². The molecule has 1 heterocycles. The van der Waals surface area contributed by atoms with Crippen LogP contribution in [0.3, 0.4) is 0 Å². The minimum absolute atomic E-state index is 0.220. The normalized spacial score (nSPS) is 22.1. The van der Waals surface area contributed by atoms with E-state index in [-0.39, 0.29) is 18.4 Å². The molecule has 1 rings (SSSR count). The summed E-state index contributed by atoms with van der Waals surface area (Å²) >= 11 is 0. The van der Waals surface area contributed by atoms with Gasteiger partial charge < -0.3 is 14.8 Å². The molecule has 6 heteroatoms. The van der Waals surface area contributed by atoms with Crippen LogP contribution in [0, 0.1) is 0 Å². The fraction of sp³-hybridized carbons (Fsp3) is 0.533. The number of carbonyl (C=O) groups excluding carboxylic acids is 3. The zero-order valence-corrected chi connectivity index (χ0v) is 13.0. The number of nitrogens with one attached hydrogen (secondary N) is 1. The summed E-state index contributed by atoms with van der Waals surface area (Å²) < 4.78 is 10.2. The smallest absolute Gasteiger partial charge is 0.302 e. The highest BCUT2D eigenvalue weighted by molar-refractivity contribution is 6.06. The molecule has 6 nitrogen and oxygen atoms in total. The highest BCUT2D eigenvalue weighted by atomic mass is 16.5. The summed E-state index contributed by atoms with van der Waals surface area (Å²) in [7, 11) is 0. The van der Waals surface area contributed by atoms with Crippen LogP contribution in [0.15, 0.2) is 23.0 Å². The molecule has 1 amide bonds. The van der Waals surface area contributed by atoms with Gasteiger partial charge in [0.05, 0.1) is 6.61 Å². The maximum atomic E-state index is 12.0. The first kappa shape index (κ1) is 16.9. The molecule has 1 atom stereocenters. The van der Waals surface area contributed by atoms with Crippen molar-refractivity contribution in [2.24, 2.45) is 0 Å². The molecule has 0 aromatic rings. The number of hydrogen-bond acceptors (Lipinski definition) is 5. The van der Waals surface area contributed by atoms with Gasteiger partial charge in [-0.25, -0.2) is 0 Å². The number of esters is 1. The molecule has 1 N–H and O–H groups in total.